The van der Waals surface area contributed by atoms with Crippen LogP contribution >= 0.6 is 0 Å². The highest BCUT2D eigenvalue weighted by molar-refractivity contribution is 7.89. The fraction of sp³-hybridized carbons (Fsp3) is 0.727. The molecule has 17 heavy (non-hydrogen) atoms. The lowest BCUT2D eigenvalue weighted by molar-refractivity contribution is 0.409. The van der Waals surface area contributed by atoms with Gasteiger partial charge in [0.2, 0.25) is 10.0 Å². The molecule has 0 aliphatic heterocycles. The smallest absolute Gasteiger partial charge is 0.246 e. The summed E-state index contributed by atoms with van der Waals surface area (Å²) < 4.78 is 27.9. The van der Waals surface area contributed by atoms with Gasteiger partial charge in [0.25, 0.3) is 0 Å². The summed E-state index contributed by atoms with van der Waals surface area (Å²) in [5.41, 5.74) is 0.560. The van der Waals surface area contributed by atoms with Crippen molar-refractivity contribution in [1.29, 1.82) is 0 Å². The second-order valence-corrected chi connectivity index (χ2v) is 6.06. The molecule has 0 aliphatic rings. The van der Waals surface area contributed by atoms with Crippen LogP contribution in [0, 0.1) is 6.92 Å². The number of sulfonamides is 1. The van der Waals surface area contributed by atoms with E-state index in [2.05, 4.69) is 5.10 Å². The van der Waals surface area contributed by atoms with E-state index in [0.717, 1.165) is 12.8 Å². The zero-order valence-corrected chi connectivity index (χ0v) is 11.8. The summed E-state index contributed by atoms with van der Waals surface area (Å²) in [4.78, 5) is 0.321. The van der Waals surface area contributed by atoms with Gasteiger partial charge in [0.05, 0.1) is 5.69 Å². The first kappa shape index (κ1) is 14.2. The fourth-order valence-corrected chi connectivity index (χ4v) is 3.65. The van der Waals surface area contributed by atoms with Gasteiger partial charge in [-0.3, -0.25) is 4.68 Å². The molecule has 1 aromatic heterocycles. The summed E-state index contributed by atoms with van der Waals surface area (Å²) in [7, 11) is -1.65. The van der Waals surface area contributed by atoms with E-state index in [-0.39, 0.29) is 0 Å². The van der Waals surface area contributed by atoms with Gasteiger partial charge < -0.3 is 0 Å². The van der Waals surface area contributed by atoms with Crippen molar-refractivity contribution in [2.45, 2.75) is 38.5 Å². The maximum Gasteiger partial charge on any atom is 0.246 e. The third-order valence-corrected chi connectivity index (χ3v) is 4.53. The van der Waals surface area contributed by atoms with Crippen LogP contribution in [0.1, 0.15) is 32.4 Å². The number of rotatable bonds is 6. The number of hydrogen-bond donors (Lipinski definition) is 0. The van der Waals surface area contributed by atoms with E-state index in [1.807, 2.05) is 13.8 Å². The van der Waals surface area contributed by atoms with E-state index in [9.17, 15) is 8.42 Å². The van der Waals surface area contributed by atoms with E-state index in [1.165, 1.54) is 8.99 Å². The van der Waals surface area contributed by atoms with Crippen molar-refractivity contribution < 1.29 is 8.42 Å². The van der Waals surface area contributed by atoms with Crippen LogP contribution in [0.5, 0.6) is 0 Å². The Hall–Kier alpha value is -0.880. The van der Waals surface area contributed by atoms with Crippen molar-refractivity contribution in [3.8, 4) is 0 Å². The summed E-state index contributed by atoms with van der Waals surface area (Å²) in [5, 5.41) is 4.09. The van der Waals surface area contributed by atoms with Crippen LogP contribution in [0.25, 0.3) is 0 Å². The molecule has 0 saturated carbocycles. The normalized spacial score (nSPS) is 12.3. The van der Waals surface area contributed by atoms with Gasteiger partial charge in [0.15, 0.2) is 0 Å². The number of hydrogen-bond acceptors (Lipinski definition) is 3. The highest BCUT2D eigenvalue weighted by Gasteiger charge is 2.26. The Kier molecular flexibility index (Phi) is 4.70. The van der Waals surface area contributed by atoms with Crippen LogP contribution in [0.4, 0.5) is 0 Å². The predicted octanol–water partition coefficient (Wildman–Crippen LogP) is 1.54. The van der Waals surface area contributed by atoms with Gasteiger partial charge in [-0.1, -0.05) is 13.8 Å². The summed E-state index contributed by atoms with van der Waals surface area (Å²) in [5.74, 6) is 0. The van der Waals surface area contributed by atoms with Gasteiger partial charge in [-0.25, -0.2) is 8.42 Å². The Morgan fingerprint density at radius 3 is 2.18 bits per heavy atom. The molecule has 98 valence electrons. The quantitative estimate of drug-likeness (QED) is 0.778. The van der Waals surface area contributed by atoms with Gasteiger partial charge >= 0.3 is 0 Å². The SMILES string of the molecule is CCCN(CCC)S(=O)(=O)c1cn(C)nc1C. The number of aromatic nitrogens is 2. The molecule has 1 rings (SSSR count). The molecular weight excluding hydrogens is 238 g/mol. The zero-order valence-electron chi connectivity index (χ0n) is 11.0. The van der Waals surface area contributed by atoms with Gasteiger partial charge in [-0.2, -0.15) is 9.40 Å². The molecule has 1 aromatic rings. The zero-order chi connectivity index (χ0) is 13.1. The van der Waals surface area contributed by atoms with Crippen LogP contribution in [-0.2, 0) is 17.1 Å². The summed E-state index contributed by atoms with van der Waals surface area (Å²) in [6.07, 6.45) is 3.21. The van der Waals surface area contributed by atoms with Crippen LogP contribution in [0.2, 0.25) is 0 Å². The number of nitrogens with zero attached hydrogens (tertiary/aromatic N) is 3. The molecule has 0 N–H and O–H groups in total. The Labute approximate surface area is 103 Å². The van der Waals surface area contributed by atoms with Crippen molar-refractivity contribution in [2.75, 3.05) is 13.1 Å². The maximum absolute atomic E-state index is 12.4. The maximum atomic E-state index is 12.4. The predicted molar refractivity (Wildman–Crippen MR) is 67.3 cm³/mol. The number of aryl methyl sites for hydroxylation is 2. The molecule has 0 aromatic carbocycles. The van der Waals surface area contributed by atoms with Crippen LogP contribution in [-0.4, -0.2) is 35.6 Å². The van der Waals surface area contributed by atoms with Crippen LogP contribution in [0.15, 0.2) is 11.1 Å². The molecular formula is C11H21N3O2S. The Bertz CT molecular complexity index is 459. The van der Waals surface area contributed by atoms with E-state index >= 15 is 0 Å². The van der Waals surface area contributed by atoms with Crippen molar-refractivity contribution in [3.05, 3.63) is 11.9 Å². The lowest BCUT2D eigenvalue weighted by Crippen LogP contribution is -2.32. The average Bonchev–Trinajstić information content (AvgIpc) is 2.58. The van der Waals surface area contributed by atoms with Crippen LogP contribution < -0.4 is 0 Å². The molecule has 0 spiro atoms. The second-order valence-electron chi connectivity index (χ2n) is 4.16. The van der Waals surface area contributed by atoms with Gasteiger partial charge in [0.1, 0.15) is 4.90 Å². The second kappa shape index (κ2) is 5.64. The first-order valence-corrected chi connectivity index (χ1v) is 7.37. The molecule has 0 amide bonds. The van der Waals surface area contributed by atoms with Crippen LogP contribution in [0.3, 0.4) is 0 Å². The standard InChI is InChI=1S/C11H21N3O2S/c1-5-7-14(8-6-2)17(15,16)11-9-13(4)12-10(11)3/h9H,5-8H2,1-4H3. The largest absolute Gasteiger partial charge is 0.274 e. The Balaban J connectivity index is 3.11. The van der Waals surface area contributed by atoms with E-state index in [4.69, 9.17) is 0 Å². The summed E-state index contributed by atoms with van der Waals surface area (Å²) in [6.45, 7) is 6.81. The minimum atomic E-state index is -3.39. The molecule has 0 radical (unpaired) electrons. The van der Waals surface area contributed by atoms with Crippen molar-refractivity contribution in [1.82, 2.24) is 14.1 Å². The molecule has 0 unspecified atom stereocenters. The topological polar surface area (TPSA) is 55.2 Å². The minimum absolute atomic E-state index is 0.321. The molecule has 0 fully saturated rings. The van der Waals surface area contributed by atoms with Crippen molar-refractivity contribution in [3.63, 3.8) is 0 Å². The first-order valence-electron chi connectivity index (χ1n) is 5.93. The fourth-order valence-electron chi connectivity index (χ4n) is 1.82. The summed E-state index contributed by atoms with van der Waals surface area (Å²) in [6, 6.07) is 0. The van der Waals surface area contributed by atoms with Gasteiger partial charge in [0, 0.05) is 26.3 Å². The lowest BCUT2D eigenvalue weighted by atomic mass is 10.4. The van der Waals surface area contributed by atoms with E-state index < -0.39 is 10.0 Å². The molecule has 1 heterocycles. The molecule has 6 heteroatoms. The van der Waals surface area contributed by atoms with E-state index in [0.29, 0.717) is 23.7 Å². The Morgan fingerprint density at radius 1 is 1.29 bits per heavy atom. The monoisotopic (exact) mass is 259 g/mol. The highest BCUT2D eigenvalue weighted by atomic mass is 32.2. The van der Waals surface area contributed by atoms with Crippen molar-refractivity contribution in [2.24, 2.45) is 7.05 Å². The van der Waals surface area contributed by atoms with Crippen molar-refractivity contribution >= 4 is 10.0 Å². The van der Waals surface area contributed by atoms with Gasteiger partial charge in [-0.15, -0.1) is 0 Å². The Morgan fingerprint density at radius 2 is 1.82 bits per heavy atom. The third kappa shape index (κ3) is 3.07. The minimum Gasteiger partial charge on any atom is -0.274 e. The molecule has 0 atom stereocenters. The molecule has 5 nitrogen and oxygen atoms in total. The van der Waals surface area contributed by atoms with Gasteiger partial charge in [-0.05, 0) is 19.8 Å². The first-order chi connectivity index (χ1) is 7.93. The lowest BCUT2D eigenvalue weighted by Gasteiger charge is -2.20. The molecule has 0 bridgehead atoms. The summed E-state index contributed by atoms with van der Waals surface area (Å²) >= 11 is 0. The third-order valence-electron chi connectivity index (χ3n) is 2.53. The highest BCUT2D eigenvalue weighted by Crippen LogP contribution is 2.19. The molecule has 0 aliphatic carbocycles. The molecule has 0 saturated heterocycles. The van der Waals surface area contributed by atoms with E-state index in [1.54, 1.807) is 20.2 Å². The average molecular weight is 259 g/mol.